The molecule has 0 N–H and O–H groups in total. The lowest BCUT2D eigenvalue weighted by Crippen LogP contribution is -2.40. The Bertz CT molecular complexity index is 226. The van der Waals surface area contributed by atoms with Crippen molar-refractivity contribution in [2.24, 2.45) is 5.41 Å². The molecule has 0 spiro atoms. The van der Waals surface area contributed by atoms with Gasteiger partial charge in [0.1, 0.15) is 0 Å². The minimum absolute atomic E-state index is 0.150. The maximum atomic E-state index is 2.28. The van der Waals surface area contributed by atoms with Crippen molar-refractivity contribution in [3.8, 4) is 0 Å². The number of likely N-dealkylation sites (N-methyl/N-ethyl adjacent to an activating group) is 1. The summed E-state index contributed by atoms with van der Waals surface area (Å²) in [5.41, 5.74) is 3.40. The van der Waals surface area contributed by atoms with Crippen molar-refractivity contribution in [1.29, 1.82) is 0 Å². The lowest BCUT2D eigenvalue weighted by molar-refractivity contribution is 0.232. The van der Waals surface area contributed by atoms with Crippen molar-refractivity contribution in [2.45, 2.75) is 54.0 Å². The standard InChI is InChI=1S/C13H27N/c1-10(12(3,4)5)11(2)13(6,7)14(8)9/h1-9H3. The summed E-state index contributed by atoms with van der Waals surface area (Å²) in [6.07, 6.45) is 0. The Kier molecular flexibility index (Phi) is 3.97. The molecule has 1 nitrogen and oxygen atoms in total. The zero-order valence-corrected chi connectivity index (χ0v) is 11.4. The quantitative estimate of drug-likeness (QED) is 0.610. The topological polar surface area (TPSA) is 3.24 Å². The van der Waals surface area contributed by atoms with Crippen LogP contribution in [0.3, 0.4) is 0 Å². The fraction of sp³-hybridized carbons (Fsp3) is 0.846. The molecule has 0 atom stereocenters. The van der Waals surface area contributed by atoms with Gasteiger partial charge < -0.3 is 4.90 Å². The predicted octanol–water partition coefficient (Wildman–Crippen LogP) is 3.71. The molecule has 0 aliphatic carbocycles. The van der Waals surface area contributed by atoms with E-state index in [2.05, 4.69) is 67.5 Å². The van der Waals surface area contributed by atoms with Gasteiger partial charge in [-0.3, -0.25) is 0 Å². The van der Waals surface area contributed by atoms with Crippen molar-refractivity contribution < 1.29 is 0 Å². The third kappa shape index (κ3) is 2.84. The second-order valence-electron chi connectivity index (χ2n) is 5.95. The summed E-state index contributed by atoms with van der Waals surface area (Å²) in [6.45, 7) is 15.9. The van der Waals surface area contributed by atoms with Gasteiger partial charge in [0.05, 0.1) is 0 Å². The number of nitrogens with zero attached hydrogens (tertiary/aromatic N) is 1. The molecule has 0 aromatic carbocycles. The third-order valence-corrected chi connectivity index (χ3v) is 3.72. The molecule has 0 aromatic heterocycles. The summed E-state index contributed by atoms with van der Waals surface area (Å²) in [7, 11) is 4.28. The van der Waals surface area contributed by atoms with Crippen LogP contribution in [0.2, 0.25) is 0 Å². The Balaban J connectivity index is 5.21. The molecular formula is C13H27N. The fourth-order valence-electron chi connectivity index (χ4n) is 1.36. The smallest absolute Gasteiger partial charge is 0.0358 e. The molecule has 0 bridgehead atoms. The van der Waals surface area contributed by atoms with E-state index >= 15 is 0 Å². The molecule has 0 saturated heterocycles. The molecule has 0 aromatic rings. The van der Waals surface area contributed by atoms with E-state index in [1.807, 2.05) is 0 Å². The van der Waals surface area contributed by atoms with Crippen molar-refractivity contribution in [1.82, 2.24) is 4.90 Å². The molecule has 0 fully saturated rings. The zero-order valence-electron chi connectivity index (χ0n) is 11.4. The van der Waals surface area contributed by atoms with Crippen LogP contribution in [-0.4, -0.2) is 24.5 Å². The van der Waals surface area contributed by atoms with Gasteiger partial charge in [0.15, 0.2) is 0 Å². The van der Waals surface area contributed by atoms with Crippen LogP contribution in [0, 0.1) is 5.41 Å². The number of rotatable bonds is 2. The highest BCUT2D eigenvalue weighted by molar-refractivity contribution is 5.25. The molecule has 1 heteroatoms. The van der Waals surface area contributed by atoms with Crippen molar-refractivity contribution in [3.05, 3.63) is 11.1 Å². The molecule has 14 heavy (non-hydrogen) atoms. The lowest BCUT2D eigenvalue weighted by Gasteiger charge is -2.37. The van der Waals surface area contributed by atoms with Crippen molar-refractivity contribution in [3.63, 3.8) is 0 Å². The van der Waals surface area contributed by atoms with E-state index < -0.39 is 0 Å². The predicted molar refractivity (Wildman–Crippen MR) is 65.6 cm³/mol. The summed E-state index contributed by atoms with van der Waals surface area (Å²) < 4.78 is 0. The number of hydrogen-bond donors (Lipinski definition) is 0. The second-order valence-corrected chi connectivity index (χ2v) is 5.95. The molecule has 0 rings (SSSR count). The third-order valence-electron chi connectivity index (χ3n) is 3.72. The highest BCUT2D eigenvalue weighted by Crippen LogP contribution is 2.33. The van der Waals surface area contributed by atoms with E-state index in [0.717, 1.165) is 0 Å². The van der Waals surface area contributed by atoms with Crippen LogP contribution >= 0.6 is 0 Å². The first-order valence-corrected chi connectivity index (χ1v) is 5.37. The Morgan fingerprint density at radius 2 is 1.14 bits per heavy atom. The van der Waals surface area contributed by atoms with E-state index in [1.54, 1.807) is 0 Å². The van der Waals surface area contributed by atoms with Gasteiger partial charge in [-0.15, -0.1) is 0 Å². The minimum Gasteiger partial charge on any atom is -0.301 e. The maximum absolute atomic E-state index is 2.28. The average molecular weight is 197 g/mol. The molecule has 0 amide bonds. The van der Waals surface area contributed by atoms with Crippen LogP contribution in [0.4, 0.5) is 0 Å². The summed E-state index contributed by atoms with van der Waals surface area (Å²) in [4.78, 5) is 2.28. The van der Waals surface area contributed by atoms with Crippen LogP contribution in [0.25, 0.3) is 0 Å². The number of hydrogen-bond acceptors (Lipinski definition) is 1. The van der Waals surface area contributed by atoms with Gasteiger partial charge in [-0.2, -0.15) is 0 Å². The summed E-state index contributed by atoms with van der Waals surface area (Å²) in [6, 6.07) is 0. The first kappa shape index (κ1) is 13.7. The molecule has 0 radical (unpaired) electrons. The number of allylic oxidation sites excluding steroid dienone is 1. The first-order valence-electron chi connectivity index (χ1n) is 5.37. The van der Waals surface area contributed by atoms with Gasteiger partial charge in [-0.25, -0.2) is 0 Å². The highest BCUT2D eigenvalue weighted by atomic mass is 15.1. The van der Waals surface area contributed by atoms with Crippen molar-refractivity contribution in [2.75, 3.05) is 14.1 Å². The normalized spacial score (nSPS) is 15.9. The van der Waals surface area contributed by atoms with E-state index in [4.69, 9.17) is 0 Å². The van der Waals surface area contributed by atoms with Gasteiger partial charge in [0.25, 0.3) is 0 Å². The summed E-state index contributed by atoms with van der Waals surface area (Å²) >= 11 is 0. The fourth-order valence-corrected chi connectivity index (χ4v) is 1.36. The van der Waals surface area contributed by atoms with Gasteiger partial charge >= 0.3 is 0 Å². The molecule has 0 aliphatic heterocycles. The first-order chi connectivity index (χ1) is 6.01. The summed E-state index contributed by atoms with van der Waals surface area (Å²) in [5.74, 6) is 0. The van der Waals surface area contributed by atoms with Crippen LogP contribution in [-0.2, 0) is 0 Å². The van der Waals surface area contributed by atoms with Gasteiger partial charge in [0, 0.05) is 5.54 Å². The minimum atomic E-state index is 0.150. The molecule has 0 aliphatic rings. The Morgan fingerprint density at radius 1 is 0.786 bits per heavy atom. The van der Waals surface area contributed by atoms with Gasteiger partial charge in [0.2, 0.25) is 0 Å². The second kappa shape index (κ2) is 4.06. The molecule has 0 unspecified atom stereocenters. The molecular weight excluding hydrogens is 170 g/mol. The molecule has 0 heterocycles. The van der Waals surface area contributed by atoms with Crippen LogP contribution in [0.1, 0.15) is 48.5 Å². The van der Waals surface area contributed by atoms with Crippen LogP contribution in [0.5, 0.6) is 0 Å². The maximum Gasteiger partial charge on any atom is 0.0358 e. The lowest BCUT2D eigenvalue weighted by atomic mass is 9.79. The highest BCUT2D eigenvalue weighted by Gasteiger charge is 2.27. The van der Waals surface area contributed by atoms with E-state index in [0.29, 0.717) is 0 Å². The Morgan fingerprint density at radius 3 is 1.36 bits per heavy atom. The molecule has 84 valence electrons. The SMILES string of the molecule is CC(=C(C)C(C)(C)N(C)C)C(C)(C)C. The van der Waals surface area contributed by atoms with Gasteiger partial charge in [-0.05, 0) is 47.2 Å². The van der Waals surface area contributed by atoms with Crippen LogP contribution in [0.15, 0.2) is 11.1 Å². The van der Waals surface area contributed by atoms with E-state index in [9.17, 15) is 0 Å². The molecule has 0 saturated carbocycles. The Hall–Kier alpha value is -0.300. The van der Waals surface area contributed by atoms with Crippen molar-refractivity contribution >= 4 is 0 Å². The zero-order chi connectivity index (χ0) is 11.7. The largest absolute Gasteiger partial charge is 0.301 e. The van der Waals surface area contributed by atoms with Crippen LogP contribution < -0.4 is 0 Å². The van der Waals surface area contributed by atoms with Gasteiger partial charge in [-0.1, -0.05) is 31.9 Å². The Labute approximate surface area is 90.2 Å². The monoisotopic (exact) mass is 197 g/mol. The van der Waals surface area contributed by atoms with E-state index in [-0.39, 0.29) is 11.0 Å². The van der Waals surface area contributed by atoms with E-state index in [1.165, 1.54) is 11.1 Å². The summed E-state index contributed by atoms with van der Waals surface area (Å²) in [5, 5.41) is 0. The average Bonchev–Trinajstić information content (AvgIpc) is 1.99.